The van der Waals surface area contributed by atoms with E-state index in [0.717, 1.165) is 28.4 Å². The smallest absolute Gasteiger partial charge is 0.253 e. The molecule has 216 valence electrons. The first-order valence-corrected chi connectivity index (χ1v) is 14.7. The number of halogens is 2. The predicted octanol–water partition coefficient (Wildman–Crippen LogP) is 6.96. The molecule has 2 aromatic carbocycles. The largest absolute Gasteiger partial charge is 0.385 e. The zero-order valence-electron chi connectivity index (χ0n) is 24.3. The molecule has 0 aliphatic carbocycles. The van der Waals surface area contributed by atoms with Crippen molar-refractivity contribution in [2.24, 2.45) is 0 Å². The molecule has 0 saturated heterocycles. The zero-order chi connectivity index (χ0) is 29.8. The number of aryl methyl sites for hydroxylation is 2. The van der Waals surface area contributed by atoms with Crippen LogP contribution in [0.4, 0.5) is 4.39 Å². The molecule has 0 radical (unpaired) electrons. The summed E-state index contributed by atoms with van der Waals surface area (Å²) in [5, 5.41) is 14.1. The normalized spacial score (nSPS) is 12.1. The van der Waals surface area contributed by atoms with Gasteiger partial charge in [0.1, 0.15) is 11.9 Å². The molecule has 40 heavy (non-hydrogen) atoms. The molecule has 2 unspecified atom stereocenters. The lowest BCUT2D eigenvalue weighted by Crippen LogP contribution is -2.41. The Morgan fingerprint density at radius 1 is 0.975 bits per heavy atom. The second-order valence-electron chi connectivity index (χ2n) is 9.65. The van der Waals surface area contributed by atoms with Crippen molar-refractivity contribution in [2.45, 2.75) is 73.0 Å². The van der Waals surface area contributed by atoms with Crippen LogP contribution >= 0.6 is 15.9 Å². The van der Waals surface area contributed by atoms with E-state index in [1.807, 2.05) is 40.7 Å². The van der Waals surface area contributed by atoms with Crippen LogP contribution in [0.25, 0.3) is 0 Å². The lowest BCUT2D eigenvalue weighted by atomic mass is 9.96. The number of carbonyl (C=O) groups is 2. The minimum Gasteiger partial charge on any atom is -0.385 e. The highest BCUT2D eigenvalue weighted by Crippen LogP contribution is 2.22. The van der Waals surface area contributed by atoms with Gasteiger partial charge in [0.2, 0.25) is 0 Å². The Balaban J connectivity index is 0.00000274. The van der Waals surface area contributed by atoms with E-state index in [0.29, 0.717) is 35.5 Å². The molecule has 0 aliphatic heterocycles. The molecule has 3 aromatic rings. The van der Waals surface area contributed by atoms with Crippen molar-refractivity contribution in [3.8, 4) is 0 Å². The molecule has 0 bridgehead atoms. The van der Waals surface area contributed by atoms with Crippen LogP contribution in [0.5, 0.6) is 0 Å². The highest BCUT2D eigenvalue weighted by atomic mass is 79.9. The summed E-state index contributed by atoms with van der Waals surface area (Å²) < 4.78 is 14.9. The molecule has 3 rings (SSSR count). The van der Waals surface area contributed by atoms with Gasteiger partial charge in [0, 0.05) is 34.9 Å². The van der Waals surface area contributed by atoms with E-state index in [-0.39, 0.29) is 18.1 Å². The fourth-order valence-electron chi connectivity index (χ4n) is 4.52. The van der Waals surface area contributed by atoms with Crippen LogP contribution in [0.1, 0.15) is 89.7 Å². The van der Waals surface area contributed by atoms with Crippen LogP contribution in [-0.4, -0.2) is 45.9 Å². The topological polar surface area (TPSA) is 82.5 Å². The number of amides is 2. The van der Waals surface area contributed by atoms with Gasteiger partial charge in [0.05, 0.1) is 11.7 Å². The predicted molar refractivity (Wildman–Crippen MR) is 162 cm³/mol. The lowest BCUT2D eigenvalue weighted by molar-refractivity contribution is 0.0755. The monoisotopic (exact) mass is 613 g/mol. The molecule has 1 aromatic heterocycles. The van der Waals surface area contributed by atoms with Crippen molar-refractivity contribution in [1.82, 2.24) is 15.2 Å². The highest BCUT2D eigenvalue weighted by Gasteiger charge is 2.26. The van der Waals surface area contributed by atoms with Gasteiger partial charge in [-0.2, -0.15) is 0 Å². The number of hydrogen-bond acceptors (Lipinski definition) is 4. The van der Waals surface area contributed by atoms with E-state index in [4.69, 9.17) is 0 Å². The Labute approximate surface area is 246 Å². The standard InChI is InChI=1S/C30H35BrFN3O3.C2H6/c1-5-9-35(10-6-2)30(38)23-13-20(4)12-22(17-23)29(37)34-27(16-21-11-19(3)14-25(32)15-21)28(36)26-8-7-24(31)18-33-26;1-2/h7-8,11-15,17-18,27-28,36H,5-6,9-10,16H2,1-4H3,(H,34,37);1-2H3. The molecule has 0 saturated carbocycles. The van der Waals surface area contributed by atoms with Gasteiger partial charge in [-0.05, 0) is 108 Å². The molecule has 2 atom stereocenters. The number of nitrogens with one attached hydrogen (secondary N) is 1. The first kappa shape index (κ1) is 33.1. The summed E-state index contributed by atoms with van der Waals surface area (Å²) in [5.74, 6) is -0.932. The average molecular weight is 615 g/mol. The van der Waals surface area contributed by atoms with Gasteiger partial charge in [0.25, 0.3) is 11.8 Å². The third kappa shape index (κ3) is 9.52. The number of benzene rings is 2. The van der Waals surface area contributed by atoms with Gasteiger partial charge in [-0.25, -0.2) is 4.39 Å². The third-order valence-electron chi connectivity index (χ3n) is 6.17. The Kier molecular flexibility index (Phi) is 13.4. The molecule has 8 heteroatoms. The van der Waals surface area contributed by atoms with Gasteiger partial charge < -0.3 is 15.3 Å². The van der Waals surface area contributed by atoms with E-state index in [2.05, 4.69) is 26.2 Å². The summed E-state index contributed by atoms with van der Waals surface area (Å²) >= 11 is 3.34. The van der Waals surface area contributed by atoms with E-state index < -0.39 is 18.1 Å². The highest BCUT2D eigenvalue weighted by molar-refractivity contribution is 9.10. The van der Waals surface area contributed by atoms with Gasteiger partial charge >= 0.3 is 0 Å². The fourth-order valence-corrected chi connectivity index (χ4v) is 4.75. The molecule has 0 aliphatic rings. The lowest BCUT2D eigenvalue weighted by Gasteiger charge is -2.25. The van der Waals surface area contributed by atoms with Gasteiger partial charge in [-0.3, -0.25) is 14.6 Å². The number of pyridine rings is 1. The van der Waals surface area contributed by atoms with Crippen molar-refractivity contribution in [2.75, 3.05) is 13.1 Å². The SMILES string of the molecule is CC.CCCN(CCC)C(=O)c1cc(C)cc(C(=O)NC(Cc2cc(C)cc(F)c2)C(O)c2ccc(Br)cn2)c1. The number of aliphatic hydroxyl groups is 1. The Morgan fingerprint density at radius 2 is 1.60 bits per heavy atom. The van der Waals surface area contributed by atoms with Gasteiger partial charge in [-0.1, -0.05) is 33.8 Å². The molecule has 1 heterocycles. The second kappa shape index (κ2) is 16.2. The van der Waals surface area contributed by atoms with Crippen molar-refractivity contribution in [3.63, 3.8) is 0 Å². The molecule has 2 amide bonds. The number of nitrogens with zero attached hydrogens (tertiary/aromatic N) is 2. The summed E-state index contributed by atoms with van der Waals surface area (Å²) in [6, 6.07) is 12.4. The number of carbonyl (C=O) groups excluding carboxylic acids is 2. The molecule has 0 fully saturated rings. The summed E-state index contributed by atoms with van der Waals surface area (Å²) in [5.41, 5.74) is 3.30. The first-order valence-electron chi connectivity index (χ1n) is 13.9. The molecule has 2 N–H and O–H groups in total. The molecular weight excluding hydrogens is 573 g/mol. The van der Waals surface area contributed by atoms with E-state index in [1.54, 1.807) is 48.4 Å². The quantitative estimate of drug-likeness (QED) is 0.245. The third-order valence-corrected chi connectivity index (χ3v) is 6.64. The van der Waals surface area contributed by atoms with Crippen molar-refractivity contribution in [1.29, 1.82) is 0 Å². The maximum Gasteiger partial charge on any atom is 0.253 e. The van der Waals surface area contributed by atoms with Crippen LogP contribution in [0, 0.1) is 19.7 Å². The van der Waals surface area contributed by atoms with E-state index in [9.17, 15) is 19.1 Å². The summed E-state index contributed by atoms with van der Waals surface area (Å²) in [4.78, 5) is 32.8. The minimum absolute atomic E-state index is 0.114. The Hall–Kier alpha value is -3.10. The number of hydrogen-bond donors (Lipinski definition) is 2. The number of aromatic nitrogens is 1. The fraction of sp³-hybridized carbons (Fsp3) is 0.406. The zero-order valence-corrected chi connectivity index (χ0v) is 25.9. The van der Waals surface area contributed by atoms with Crippen molar-refractivity contribution in [3.05, 3.63) is 98.5 Å². The summed E-state index contributed by atoms with van der Waals surface area (Å²) in [7, 11) is 0. The Morgan fingerprint density at radius 3 is 2.17 bits per heavy atom. The van der Waals surface area contributed by atoms with Crippen LogP contribution in [0.3, 0.4) is 0 Å². The first-order chi connectivity index (χ1) is 19.1. The maximum atomic E-state index is 14.1. The van der Waals surface area contributed by atoms with Crippen LogP contribution in [-0.2, 0) is 6.42 Å². The van der Waals surface area contributed by atoms with Gasteiger partial charge in [-0.15, -0.1) is 0 Å². The number of aliphatic hydroxyl groups excluding tert-OH is 1. The van der Waals surface area contributed by atoms with Crippen LogP contribution < -0.4 is 5.32 Å². The molecular formula is C32H41BrFN3O3. The molecule has 0 spiro atoms. The van der Waals surface area contributed by atoms with E-state index in [1.165, 1.54) is 12.1 Å². The maximum absolute atomic E-state index is 14.1. The van der Waals surface area contributed by atoms with Crippen molar-refractivity contribution < 1.29 is 19.1 Å². The average Bonchev–Trinajstić information content (AvgIpc) is 2.92. The van der Waals surface area contributed by atoms with Crippen LogP contribution in [0.15, 0.2) is 59.2 Å². The summed E-state index contributed by atoms with van der Waals surface area (Å²) in [6.07, 6.45) is 2.29. The minimum atomic E-state index is -1.15. The number of rotatable bonds is 11. The van der Waals surface area contributed by atoms with Gasteiger partial charge in [0.15, 0.2) is 0 Å². The second-order valence-corrected chi connectivity index (χ2v) is 10.6. The Bertz CT molecular complexity index is 1240. The molecule has 6 nitrogen and oxygen atoms in total. The van der Waals surface area contributed by atoms with E-state index >= 15 is 0 Å². The summed E-state index contributed by atoms with van der Waals surface area (Å²) in [6.45, 7) is 13.0. The van der Waals surface area contributed by atoms with Crippen molar-refractivity contribution >= 4 is 27.7 Å². The van der Waals surface area contributed by atoms with Crippen LogP contribution in [0.2, 0.25) is 0 Å².